The van der Waals surface area contributed by atoms with Gasteiger partial charge in [0.2, 0.25) is 0 Å². The number of hydrogen-bond acceptors (Lipinski definition) is 6. The third kappa shape index (κ3) is 3.90. The van der Waals surface area contributed by atoms with Gasteiger partial charge in [-0.1, -0.05) is 29.8 Å². The Morgan fingerprint density at radius 3 is 2.90 bits per heavy atom. The number of fused-ring (bicyclic) bond motifs is 3. The van der Waals surface area contributed by atoms with Gasteiger partial charge in [0.1, 0.15) is 0 Å². The Labute approximate surface area is 185 Å². The van der Waals surface area contributed by atoms with Crippen LogP contribution in [-0.2, 0) is 11.3 Å². The van der Waals surface area contributed by atoms with Gasteiger partial charge in [-0.15, -0.1) is 10.2 Å². The van der Waals surface area contributed by atoms with Crippen LogP contribution in [0.25, 0.3) is 28.1 Å². The Kier molecular flexibility index (Phi) is 5.58. The van der Waals surface area contributed by atoms with Crippen molar-refractivity contribution in [2.75, 3.05) is 26.3 Å². The van der Waals surface area contributed by atoms with Crippen molar-refractivity contribution in [2.45, 2.75) is 26.0 Å². The normalized spacial score (nSPS) is 17.6. The molecule has 4 aromatic rings. The van der Waals surface area contributed by atoms with Crippen molar-refractivity contribution < 1.29 is 9.84 Å². The van der Waals surface area contributed by atoms with Crippen molar-refractivity contribution in [3.05, 3.63) is 58.7 Å². The highest BCUT2D eigenvalue weighted by molar-refractivity contribution is 6.33. The molecule has 7 nitrogen and oxygen atoms in total. The number of aliphatic hydroxyl groups is 1. The molecule has 0 amide bonds. The molecule has 8 heteroatoms. The number of aryl methyl sites for hydroxylation is 1. The highest BCUT2D eigenvalue weighted by Crippen LogP contribution is 2.30. The zero-order valence-corrected chi connectivity index (χ0v) is 18.1. The first-order valence-electron chi connectivity index (χ1n) is 10.5. The van der Waals surface area contributed by atoms with E-state index in [2.05, 4.69) is 37.7 Å². The Balaban J connectivity index is 1.58. The van der Waals surface area contributed by atoms with Crippen molar-refractivity contribution in [3.63, 3.8) is 0 Å². The third-order valence-electron chi connectivity index (χ3n) is 5.75. The van der Waals surface area contributed by atoms with E-state index in [1.165, 1.54) is 5.56 Å². The molecule has 1 unspecified atom stereocenters. The summed E-state index contributed by atoms with van der Waals surface area (Å²) in [6, 6.07) is 14.0. The minimum atomic E-state index is 0.0832. The summed E-state index contributed by atoms with van der Waals surface area (Å²) >= 11 is 6.47. The van der Waals surface area contributed by atoms with Crippen LogP contribution in [0.1, 0.15) is 17.7 Å². The standard InChI is InChI=1S/C23H24ClN5O2/c1-15-22-26-27-23(18-4-2-3-5-19(18)24)29(22)21-12-16(6-7-20(21)25-15)13-28-9-11-31-17(14-28)8-10-30/h2-7,12,17,30H,8-11,13-14H2,1H3. The van der Waals surface area contributed by atoms with E-state index < -0.39 is 0 Å². The summed E-state index contributed by atoms with van der Waals surface area (Å²) in [6.07, 6.45) is 0.750. The molecular weight excluding hydrogens is 414 g/mol. The van der Waals surface area contributed by atoms with E-state index in [4.69, 9.17) is 21.3 Å². The third-order valence-corrected chi connectivity index (χ3v) is 6.08. The minimum absolute atomic E-state index is 0.0832. The molecule has 0 saturated carbocycles. The number of benzene rings is 2. The van der Waals surface area contributed by atoms with Crippen LogP contribution >= 0.6 is 11.6 Å². The van der Waals surface area contributed by atoms with Crippen molar-refractivity contribution >= 4 is 28.3 Å². The van der Waals surface area contributed by atoms with Gasteiger partial charge in [0.05, 0.1) is 34.5 Å². The predicted octanol–water partition coefficient (Wildman–Crippen LogP) is 3.49. The Morgan fingerprint density at radius 2 is 2.06 bits per heavy atom. The zero-order valence-electron chi connectivity index (χ0n) is 17.3. The second-order valence-corrected chi connectivity index (χ2v) is 8.33. The molecular formula is C23H24ClN5O2. The molecule has 160 valence electrons. The second kappa shape index (κ2) is 8.51. The summed E-state index contributed by atoms with van der Waals surface area (Å²) in [5.41, 5.74) is 5.43. The van der Waals surface area contributed by atoms with E-state index in [0.29, 0.717) is 23.9 Å². The number of morpholine rings is 1. The summed E-state index contributed by atoms with van der Waals surface area (Å²) in [5, 5.41) is 18.7. The van der Waals surface area contributed by atoms with Gasteiger partial charge < -0.3 is 9.84 Å². The summed E-state index contributed by atoms with van der Waals surface area (Å²) in [4.78, 5) is 7.11. The second-order valence-electron chi connectivity index (χ2n) is 7.92. The molecule has 0 radical (unpaired) electrons. The van der Waals surface area contributed by atoms with Gasteiger partial charge in [-0.2, -0.15) is 0 Å². The summed E-state index contributed by atoms with van der Waals surface area (Å²) in [7, 11) is 0. The largest absolute Gasteiger partial charge is 0.396 e. The summed E-state index contributed by atoms with van der Waals surface area (Å²) in [6.45, 7) is 5.28. The van der Waals surface area contributed by atoms with Gasteiger partial charge in [-0.25, -0.2) is 4.98 Å². The number of halogens is 1. The molecule has 0 spiro atoms. The van der Waals surface area contributed by atoms with Gasteiger partial charge in [-0.3, -0.25) is 9.30 Å². The lowest BCUT2D eigenvalue weighted by atomic mass is 10.1. The van der Waals surface area contributed by atoms with Crippen LogP contribution in [0, 0.1) is 6.92 Å². The molecule has 1 aliphatic heterocycles. The van der Waals surface area contributed by atoms with E-state index in [-0.39, 0.29) is 12.7 Å². The predicted molar refractivity (Wildman–Crippen MR) is 120 cm³/mol. The molecule has 1 atom stereocenters. The first-order valence-corrected chi connectivity index (χ1v) is 10.9. The fourth-order valence-electron chi connectivity index (χ4n) is 4.24. The van der Waals surface area contributed by atoms with E-state index >= 15 is 0 Å². The van der Waals surface area contributed by atoms with Crippen LogP contribution in [-0.4, -0.2) is 62.0 Å². The fraction of sp³-hybridized carbons (Fsp3) is 0.348. The van der Waals surface area contributed by atoms with E-state index in [1.807, 2.05) is 31.2 Å². The first kappa shape index (κ1) is 20.3. The summed E-state index contributed by atoms with van der Waals surface area (Å²) < 4.78 is 7.80. The quantitative estimate of drug-likeness (QED) is 0.515. The molecule has 31 heavy (non-hydrogen) atoms. The van der Waals surface area contributed by atoms with E-state index in [9.17, 15) is 5.11 Å². The zero-order chi connectivity index (χ0) is 21.4. The van der Waals surface area contributed by atoms with Gasteiger partial charge in [0, 0.05) is 31.8 Å². The monoisotopic (exact) mass is 437 g/mol. The van der Waals surface area contributed by atoms with Gasteiger partial charge in [0.25, 0.3) is 0 Å². The average molecular weight is 438 g/mol. The number of ether oxygens (including phenoxy) is 1. The average Bonchev–Trinajstić information content (AvgIpc) is 3.21. The van der Waals surface area contributed by atoms with Crippen LogP contribution in [0.5, 0.6) is 0 Å². The SMILES string of the molecule is Cc1nc2ccc(CN3CCOC(CCO)C3)cc2n2c(-c3ccccc3Cl)nnc12. The number of hydrogen-bond donors (Lipinski definition) is 1. The first-order chi connectivity index (χ1) is 15.1. The molecule has 0 aliphatic carbocycles. The van der Waals surface area contributed by atoms with E-state index in [0.717, 1.165) is 47.6 Å². The van der Waals surface area contributed by atoms with Crippen LogP contribution in [0.2, 0.25) is 5.02 Å². The lowest BCUT2D eigenvalue weighted by Gasteiger charge is -2.32. The van der Waals surface area contributed by atoms with Crippen molar-refractivity contribution in [3.8, 4) is 11.4 Å². The topological polar surface area (TPSA) is 75.8 Å². The highest BCUT2D eigenvalue weighted by Gasteiger charge is 2.21. The maximum Gasteiger partial charge on any atom is 0.183 e. The molecule has 2 aromatic heterocycles. The number of aliphatic hydroxyl groups excluding tert-OH is 1. The maximum atomic E-state index is 9.23. The molecule has 1 N–H and O–H groups in total. The van der Waals surface area contributed by atoms with Gasteiger partial charge in [-0.05, 0) is 43.2 Å². The van der Waals surface area contributed by atoms with Crippen LogP contribution < -0.4 is 0 Å². The van der Waals surface area contributed by atoms with Crippen LogP contribution in [0.4, 0.5) is 0 Å². The molecule has 5 rings (SSSR count). The smallest absolute Gasteiger partial charge is 0.183 e. The lowest BCUT2D eigenvalue weighted by Crippen LogP contribution is -2.42. The fourth-order valence-corrected chi connectivity index (χ4v) is 4.46. The molecule has 3 heterocycles. The van der Waals surface area contributed by atoms with E-state index in [1.54, 1.807) is 0 Å². The number of rotatable bonds is 5. The lowest BCUT2D eigenvalue weighted by molar-refractivity contribution is -0.0407. The minimum Gasteiger partial charge on any atom is -0.396 e. The molecule has 2 aromatic carbocycles. The maximum absolute atomic E-state index is 9.23. The van der Waals surface area contributed by atoms with Crippen LogP contribution in [0.15, 0.2) is 42.5 Å². The van der Waals surface area contributed by atoms with Crippen molar-refractivity contribution in [2.24, 2.45) is 0 Å². The number of aromatic nitrogens is 4. The molecule has 1 aliphatic rings. The highest BCUT2D eigenvalue weighted by atomic mass is 35.5. The Bertz CT molecular complexity index is 1240. The van der Waals surface area contributed by atoms with Crippen molar-refractivity contribution in [1.29, 1.82) is 0 Å². The van der Waals surface area contributed by atoms with Crippen molar-refractivity contribution in [1.82, 2.24) is 24.5 Å². The molecule has 1 fully saturated rings. The van der Waals surface area contributed by atoms with Gasteiger partial charge >= 0.3 is 0 Å². The van der Waals surface area contributed by atoms with Gasteiger partial charge in [0.15, 0.2) is 11.5 Å². The Morgan fingerprint density at radius 1 is 1.19 bits per heavy atom. The summed E-state index contributed by atoms with van der Waals surface area (Å²) in [5.74, 6) is 0.711. The number of nitrogens with zero attached hydrogens (tertiary/aromatic N) is 5. The Hall–Kier alpha value is -2.58. The van der Waals surface area contributed by atoms with Crippen LogP contribution in [0.3, 0.4) is 0 Å². The molecule has 1 saturated heterocycles. The molecule has 0 bridgehead atoms.